The van der Waals surface area contributed by atoms with E-state index < -0.39 is 0 Å². The van der Waals surface area contributed by atoms with Gasteiger partial charge in [0.25, 0.3) is 0 Å². The number of anilines is 1. The van der Waals surface area contributed by atoms with Crippen LogP contribution >= 0.6 is 0 Å². The second-order valence-electron chi connectivity index (χ2n) is 4.97. The number of benzene rings is 1. The smallest absolute Gasteiger partial charge is 0.226 e. The predicted octanol–water partition coefficient (Wildman–Crippen LogP) is 2.04. The van der Waals surface area contributed by atoms with E-state index in [1.54, 1.807) is 0 Å². The monoisotopic (exact) mass is 291 g/mol. The molecule has 0 unspecified atom stereocenters. The Bertz CT molecular complexity index is 421. The van der Waals surface area contributed by atoms with Crippen LogP contribution in [0.15, 0.2) is 30.3 Å². The van der Waals surface area contributed by atoms with Crippen molar-refractivity contribution in [2.24, 2.45) is 5.73 Å². The average Bonchev–Trinajstić information content (AvgIpc) is 2.48. The van der Waals surface area contributed by atoms with Crippen LogP contribution in [0.2, 0.25) is 0 Å². The Morgan fingerprint density at radius 1 is 0.905 bits per heavy atom. The third-order valence-electron chi connectivity index (χ3n) is 3.09. The highest BCUT2D eigenvalue weighted by molar-refractivity contribution is 5.91. The van der Waals surface area contributed by atoms with Gasteiger partial charge in [0.15, 0.2) is 0 Å². The van der Waals surface area contributed by atoms with Gasteiger partial charge in [-0.05, 0) is 31.5 Å². The number of rotatable bonds is 10. The summed E-state index contributed by atoms with van der Waals surface area (Å²) >= 11 is 0. The molecule has 0 bridgehead atoms. The second kappa shape index (κ2) is 10.9. The van der Waals surface area contributed by atoms with Crippen molar-refractivity contribution >= 4 is 17.5 Å². The highest BCUT2D eigenvalue weighted by Gasteiger charge is 2.04. The molecular formula is C16H25N3O2. The van der Waals surface area contributed by atoms with E-state index in [-0.39, 0.29) is 18.2 Å². The van der Waals surface area contributed by atoms with Gasteiger partial charge >= 0.3 is 0 Å². The first kappa shape index (κ1) is 17.2. The highest BCUT2D eigenvalue weighted by Crippen LogP contribution is 2.05. The maximum absolute atomic E-state index is 11.7. The number of nitrogens with one attached hydrogen (secondary N) is 2. The van der Waals surface area contributed by atoms with Crippen LogP contribution < -0.4 is 16.4 Å². The molecule has 5 nitrogen and oxygen atoms in total. The quantitative estimate of drug-likeness (QED) is 0.577. The van der Waals surface area contributed by atoms with Crippen molar-refractivity contribution in [3.8, 4) is 0 Å². The van der Waals surface area contributed by atoms with Gasteiger partial charge in [-0.2, -0.15) is 0 Å². The second-order valence-corrected chi connectivity index (χ2v) is 4.97. The summed E-state index contributed by atoms with van der Waals surface area (Å²) in [4.78, 5) is 23.2. The van der Waals surface area contributed by atoms with Gasteiger partial charge in [0, 0.05) is 25.1 Å². The van der Waals surface area contributed by atoms with Gasteiger partial charge in [0.05, 0.1) is 0 Å². The average molecular weight is 291 g/mol. The van der Waals surface area contributed by atoms with Crippen molar-refractivity contribution in [3.05, 3.63) is 30.3 Å². The Morgan fingerprint density at radius 3 is 2.33 bits per heavy atom. The van der Waals surface area contributed by atoms with Gasteiger partial charge in [0.2, 0.25) is 11.8 Å². The van der Waals surface area contributed by atoms with Crippen LogP contribution in [0.5, 0.6) is 0 Å². The fourth-order valence-corrected chi connectivity index (χ4v) is 1.93. The Hall–Kier alpha value is -1.88. The topological polar surface area (TPSA) is 84.2 Å². The molecule has 0 aliphatic rings. The van der Waals surface area contributed by atoms with E-state index >= 15 is 0 Å². The summed E-state index contributed by atoms with van der Waals surface area (Å²) in [5.74, 6) is -0.0836. The lowest BCUT2D eigenvalue weighted by molar-refractivity contribution is -0.121. The number of hydrogen-bond acceptors (Lipinski definition) is 3. The Balaban J connectivity index is 2.04. The molecule has 1 rings (SSSR count). The number of nitrogens with two attached hydrogens (primary N) is 1. The summed E-state index contributed by atoms with van der Waals surface area (Å²) in [6.07, 6.45) is 4.80. The summed E-state index contributed by atoms with van der Waals surface area (Å²) in [7, 11) is 0. The fourth-order valence-electron chi connectivity index (χ4n) is 1.93. The van der Waals surface area contributed by atoms with Gasteiger partial charge in [0.1, 0.15) is 0 Å². The van der Waals surface area contributed by atoms with E-state index in [1.165, 1.54) is 0 Å². The zero-order chi connectivity index (χ0) is 15.3. The molecule has 0 saturated carbocycles. The van der Waals surface area contributed by atoms with Crippen LogP contribution in [0.3, 0.4) is 0 Å². The largest absolute Gasteiger partial charge is 0.356 e. The summed E-state index contributed by atoms with van der Waals surface area (Å²) in [5, 5.41) is 5.55. The molecule has 21 heavy (non-hydrogen) atoms. The van der Waals surface area contributed by atoms with E-state index in [9.17, 15) is 9.59 Å². The maximum atomic E-state index is 11.7. The van der Waals surface area contributed by atoms with E-state index in [4.69, 9.17) is 5.73 Å². The van der Waals surface area contributed by atoms with E-state index in [0.29, 0.717) is 19.5 Å². The number of carbonyl (C=O) groups is 2. The SMILES string of the molecule is NCCCCCCC(=O)NCCC(=O)Nc1ccccc1. The minimum absolute atomic E-state index is 0.00950. The van der Waals surface area contributed by atoms with Gasteiger partial charge in [-0.3, -0.25) is 9.59 Å². The molecule has 0 spiro atoms. The summed E-state index contributed by atoms with van der Waals surface area (Å²) < 4.78 is 0. The van der Waals surface area contributed by atoms with Crippen molar-refractivity contribution in [3.63, 3.8) is 0 Å². The van der Waals surface area contributed by atoms with Crippen LogP contribution in [0.25, 0.3) is 0 Å². The molecule has 116 valence electrons. The van der Waals surface area contributed by atoms with E-state index in [1.807, 2.05) is 30.3 Å². The predicted molar refractivity (Wildman–Crippen MR) is 84.8 cm³/mol. The summed E-state index contributed by atoms with van der Waals surface area (Å²) in [6.45, 7) is 1.09. The Labute approximate surface area is 126 Å². The molecule has 0 fully saturated rings. The standard InChI is InChI=1S/C16H25N3O2/c17-12-7-2-1-6-10-15(20)18-13-11-16(21)19-14-8-4-3-5-9-14/h3-5,8-9H,1-2,6-7,10-13,17H2,(H,18,20)(H,19,21). The minimum atomic E-state index is -0.0931. The van der Waals surface area contributed by atoms with Gasteiger partial charge in [-0.15, -0.1) is 0 Å². The molecule has 4 N–H and O–H groups in total. The number of para-hydroxylation sites is 1. The molecule has 0 heterocycles. The first-order chi connectivity index (χ1) is 10.2. The van der Waals surface area contributed by atoms with Crippen molar-refractivity contribution in [1.82, 2.24) is 5.32 Å². The van der Waals surface area contributed by atoms with Crippen LogP contribution in [0, 0.1) is 0 Å². The minimum Gasteiger partial charge on any atom is -0.356 e. The van der Waals surface area contributed by atoms with Crippen molar-refractivity contribution < 1.29 is 9.59 Å². The molecule has 0 radical (unpaired) electrons. The lowest BCUT2D eigenvalue weighted by atomic mass is 10.1. The molecule has 0 aliphatic carbocycles. The normalized spacial score (nSPS) is 10.1. The molecule has 0 saturated heterocycles. The molecule has 1 aromatic rings. The van der Waals surface area contributed by atoms with E-state index in [2.05, 4.69) is 10.6 Å². The first-order valence-electron chi connectivity index (χ1n) is 7.54. The number of amides is 2. The van der Waals surface area contributed by atoms with E-state index in [0.717, 1.165) is 31.4 Å². The Kier molecular flexibility index (Phi) is 8.88. The highest BCUT2D eigenvalue weighted by atomic mass is 16.2. The van der Waals surface area contributed by atoms with Crippen molar-refractivity contribution in [2.45, 2.75) is 38.5 Å². The number of unbranched alkanes of at least 4 members (excludes halogenated alkanes) is 3. The lowest BCUT2D eigenvalue weighted by Crippen LogP contribution is -2.27. The summed E-state index contributed by atoms with van der Waals surface area (Å²) in [5.41, 5.74) is 6.17. The van der Waals surface area contributed by atoms with Crippen molar-refractivity contribution in [2.75, 3.05) is 18.4 Å². The number of carbonyl (C=O) groups excluding carboxylic acids is 2. The lowest BCUT2D eigenvalue weighted by Gasteiger charge is -2.06. The third-order valence-corrected chi connectivity index (χ3v) is 3.09. The molecule has 2 amide bonds. The van der Waals surface area contributed by atoms with Gasteiger partial charge in [-0.1, -0.05) is 31.0 Å². The molecule has 0 atom stereocenters. The van der Waals surface area contributed by atoms with Crippen LogP contribution in [-0.4, -0.2) is 24.9 Å². The number of hydrogen-bond donors (Lipinski definition) is 3. The summed E-state index contributed by atoms with van der Waals surface area (Å²) in [6, 6.07) is 9.28. The molecule has 0 aliphatic heterocycles. The molecule has 1 aromatic carbocycles. The maximum Gasteiger partial charge on any atom is 0.226 e. The zero-order valence-electron chi connectivity index (χ0n) is 12.4. The van der Waals surface area contributed by atoms with Gasteiger partial charge < -0.3 is 16.4 Å². The third kappa shape index (κ3) is 8.81. The van der Waals surface area contributed by atoms with Crippen LogP contribution in [0.1, 0.15) is 38.5 Å². The van der Waals surface area contributed by atoms with Crippen LogP contribution in [-0.2, 0) is 9.59 Å². The fraction of sp³-hybridized carbons (Fsp3) is 0.500. The first-order valence-corrected chi connectivity index (χ1v) is 7.54. The van der Waals surface area contributed by atoms with Crippen LogP contribution in [0.4, 0.5) is 5.69 Å². The molecular weight excluding hydrogens is 266 g/mol. The van der Waals surface area contributed by atoms with Gasteiger partial charge in [-0.25, -0.2) is 0 Å². The van der Waals surface area contributed by atoms with Crippen molar-refractivity contribution in [1.29, 1.82) is 0 Å². The molecule has 5 heteroatoms. The molecule has 0 aromatic heterocycles. The zero-order valence-corrected chi connectivity index (χ0v) is 12.4. The Morgan fingerprint density at radius 2 is 1.62 bits per heavy atom.